The first-order chi connectivity index (χ1) is 14.2. The molecular formula is C21H24N4O4. The molecule has 0 aliphatic carbocycles. The van der Waals surface area contributed by atoms with Crippen LogP contribution in [-0.4, -0.2) is 47.2 Å². The van der Waals surface area contributed by atoms with E-state index in [4.69, 9.17) is 19.2 Å². The summed E-state index contributed by atoms with van der Waals surface area (Å²) in [4.78, 5) is 21.6. The minimum absolute atomic E-state index is 0.263. The van der Waals surface area contributed by atoms with E-state index in [9.17, 15) is 4.79 Å². The highest BCUT2D eigenvalue weighted by molar-refractivity contribution is 6.03. The van der Waals surface area contributed by atoms with Crippen LogP contribution in [0.4, 0.5) is 5.69 Å². The molecule has 1 fully saturated rings. The number of nitrogens with one attached hydrogen (secondary N) is 1. The standard InChI is InChI=1S/C21H24N4O4/c1-3-29-18-10-19-22-15(9-14-7-8-28-13-14)11-25(19)12-17(18)24-21(26)16-5-4-6-20(23-16)27-2/h4-6,10-12,14H,3,7-9,13H2,1-2H3,(H,24,26). The van der Waals surface area contributed by atoms with Crippen LogP contribution < -0.4 is 14.8 Å². The lowest BCUT2D eigenvalue weighted by Crippen LogP contribution is -2.15. The van der Waals surface area contributed by atoms with E-state index in [2.05, 4.69) is 10.3 Å². The molecule has 8 nitrogen and oxygen atoms in total. The average Bonchev–Trinajstić information content (AvgIpc) is 3.37. The van der Waals surface area contributed by atoms with Gasteiger partial charge in [-0.3, -0.25) is 4.79 Å². The highest BCUT2D eigenvalue weighted by Gasteiger charge is 2.19. The molecule has 4 heterocycles. The Balaban J connectivity index is 1.60. The smallest absolute Gasteiger partial charge is 0.274 e. The Morgan fingerprint density at radius 3 is 3.00 bits per heavy atom. The van der Waals surface area contributed by atoms with Crippen LogP contribution in [-0.2, 0) is 11.2 Å². The third-order valence-electron chi connectivity index (χ3n) is 4.84. The first-order valence-corrected chi connectivity index (χ1v) is 9.71. The van der Waals surface area contributed by atoms with Crippen molar-refractivity contribution in [3.05, 3.63) is 48.0 Å². The predicted octanol–water partition coefficient (Wildman–Crippen LogP) is 2.97. The van der Waals surface area contributed by atoms with Gasteiger partial charge in [0.05, 0.1) is 19.4 Å². The van der Waals surface area contributed by atoms with Gasteiger partial charge in [0.15, 0.2) is 0 Å². The first-order valence-electron chi connectivity index (χ1n) is 9.71. The number of amides is 1. The molecule has 152 valence electrons. The van der Waals surface area contributed by atoms with Gasteiger partial charge in [0.25, 0.3) is 5.91 Å². The number of hydrogen-bond donors (Lipinski definition) is 1. The zero-order valence-corrected chi connectivity index (χ0v) is 16.6. The van der Waals surface area contributed by atoms with Crippen molar-refractivity contribution in [1.82, 2.24) is 14.4 Å². The lowest BCUT2D eigenvalue weighted by Gasteiger charge is -2.12. The van der Waals surface area contributed by atoms with E-state index in [0.29, 0.717) is 29.8 Å². The molecule has 0 spiro atoms. The fourth-order valence-electron chi connectivity index (χ4n) is 3.42. The second kappa shape index (κ2) is 8.48. The van der Waals surface area contributed by atoms with Gasteiger partial charge in [-0.1, -0.05) is 6.07 Å². The van der Waals surface area contributed by atoms with Crippen molar-refractivity contribution in [1.29, 1.82) is 0 Å². The van der Waals surface area contributed by atoms with Crippen molar-refractivity contribution in [2.24, 2.45) is 5.92 Å². The number of methoxy groups -OCH3 is 1. The summed E-state index contributed by atoms with van der Waals surface area (Å²) in [6.45, 7) is 3.98. The number of carbonyl (C=O) groups is 1. The molecule has 3 aromatic heterocycles. The second-order valence-corrected chi connectivity index (χ2v) is 6.94. The summed E-state index contributed by atoms with van der Waals surface area (Å²) in [7, 11) is 1.51. The van der Waals surface area contributed by atoms with Crippen molar-refractivity contribution in [2.45, 2.75) is 19.8 Å². The number of fused-ring (bicyclic) bond motifs is 1. The largest absolute Gasteiger partial charge is 0.491 e. The average molecular weight is 396 g/mol. The van der Waals surface area contributed by atoms with Crippen LogP contribution in [0, 0.1) is 5.92 Å². The SMILES string of the molecule is CCOc1cc2nc(CC3CCOC3)cn2cc1NC(=O)c1cccc(OC)n1. The quantitative estimate of drug-likeness (QED) is 0.661. The van der Waals surface area contributed by atoms with Gasteiger partial charge < -0.3 is 23.9 Å². The van der Waals surface area contributed by atoms with Gasteiger partial charge in [0.2, 0.25) is 5.88 Å². The maximum Gasteiger partial charge on any atom is 0.274 e. The molecule has 1 aliphatic heterocycles. The number of hydrogen-bond acceptors (Lipinski definition) is 6. The number of carbonyl (C=O) groups excluding carboxylic acids is 1. The van der Waals surface area contributed by atoms with Crippen LogP contribution in [0.5, 0.6) is 11.6 Å². The topological polar surface area (TPSA) is 87.0 Å². The van der Waals surface area contributed by atoms with Gasteiger partial charge in [-0.15, -0.1) is 0 Å². The van der Waals surface area contributed by atoms with E-state index in [-0.39, 0.29) is 11.6 Å². The Hall–Kier alpha value is -3.13. The lowest BCUT2D eigenvalue weighted by molar-refractivity contribution is 0.102. The molecule has 1 aliphatic rings. The molecule has 29 heavy (non-hydrogen) atoms. The summed E-state index contributed by atoms with van der Waals surface area (Å²) in [6, 6.07) is 6.89. The molecule has 0 aromatic carbocycles. The van der Waals surface area contributed by atoms with E-state index in [0.717, 1.165) is 37.4 Å². The monoisotopic (exact) mass is 396 g/mol. The highest BCUT2D eigenvalue weighted by Crippen LogP contribution is 2.28. The van der Waals surface area contributed by atoms with Crippen LogP contribution in [0.3, 0.4) is 0 Å². The molecular weight excluding hydrogens is 372 g/mol. The summed E-state index contributed by atoms with van der Waals surface area (Å²) < 4.78 is 18.2. The molecule has 0 saturated carbocycles. The summed E-state index contributed by atoms with van der Waals surface area (Å²) in [5.41, 5.74) is 2.60. The molecule has 8 heteroatoms. The molecule has 1 amide bonds. The fraction of sp³-hybridized carbons (Fsp3) is 0.381. The Morgan fingerprint density at radius 2 is 2.24 bits per heavy atom. The molecule has 4 rings (SSSR count). The van der Waals surface area contributed by atoms with Gasteiger partial charge in [-0.05, 0) is 31.7 Å². The molecule has 3 aromatic rings. The number of anilines is 1. The molecule has 1 unspecified atom stereocenters. The summed E-state index contributed by atoms with van der Waals surface area (Å²) >= 11 is 0. The van der Waals surface area contributed by atoms with E-state index in [1.165, 1.54) is 7.11 Å². The third-order valence-corrected chi connectivity index (χ3v) is 4.84. The van der Waals surface area contributed by atoms with Crippen LogP contribution in [0.15, 0.2) is 36.7 Å². The van der Waals surface area contributed by atoms with E-state index in [1.54, 1.807) is 18.2 Å². The molecule has 1 saturated heterocycles. The van der Waals surface area contributed by atoms with Crippen LogP contribution in [0.25, 0.3) is 5.65 Å². The van der Waals surface area contributed by atoms with Crippen LogP contribution in [0.2, 0.25) is 0 Å². The zero-order chi connectivity index (χ0) is 20.2. The minimum atomic E-state index is -0.340. The number of pyridine rings is 2. The Labute approximate surface area is 168 Å². The Kier molecular flexibility index (Phi) is 5.62. The number of aromatic nitrogens is 3. The van der Waals surface area contributed by atoms with Crippen molar-refractivity contribution in [2.75, 3.05) is 32.2 Å². The van der Waals surface area contributed by atoms with Crippen LogP contribution in [0.1, 0.15) is 29.5 Å². The minimum Gasteiger partial charge on any atom is -0.491 e. The van der Waals surface area contributed by atoms with Gasteiger partial charge in [0.1, 0.15) is 22.8 Å². The zero-order valence-electron chi connectivity index (χ0n) is 16.6. The van der Waals surface area contributed by atoms with E-state index in [1.807, 2.05) is 29.8 Å². The second-order valence-electron chi connectivity index (χ2n) is 6.94. The number of rotatable bonds is 7. The van der Waals surface area contributed by atoms with Crippen molar-refractivity contribution >= 4 is 17.2 Å². The Bertz CT molecular complexity index is 1010. The summed E-state index contributed by atoms with van der Waals surface area (Å²) in [5, 5.41) is 2.89. The normalized spacial score (nSPS) is 16.1. The summed E-state index contributed by atoms with van der Waals surface area (Å²) in [5.74, 6) is 1.11. The van der Waals surface area contributed by atoms with Crippen LogP contribution >= 0.6 is 0 Å². The van der Waals surface area contributed by atoms with Crippen molar-refractivity contribution in [3.63, 3.8) is 0 Å². The van der Waals surface area contributed by atoms with Gasteiger partial charge >= 0.3 is 0 Å². The maximum absolute atomic E-state index is 12.7. The fourth-order valence-corrected chi connectivity index (χ4v) is 3.42. The molecule has 0 bridgehead atoms. The van der Waals surface area contributed by atoms with Gasteiger partial charge in [-0.25, -0.2) is 9.97 Å². The lowest BCUT2D eigenvalue weighted by atomic mass is 10.0. The summed E-state index contributed by atoms with van der Waals surface area (Å²) in [6.07, 6.45) is 5.75. The third kappa shape index (κ3) is 4.32. The molecule has 1 atom stereocenters. The van der Waals surface area contributed by atoms with E-state index >= 15 is 0 Å². The number of nitrogens with zero attached hydrogens (tertiary/aromatic N) is 3. The van der Waals surface area contributed by atoms with Gasteiger partial charge in [-0.2, -0.15) is 0 Å². The molecule has 1 N–H and O–H groups in total. The van der Waals surface area contributed by atoms with E-state index < -0.39 is 0 Å². The first kappa shape index (κ1) is 19.2. The van der Waals surface area contributed by atoms with Crippen molar-refractivity contribution in [3.8, 4) is 11.6 Å². The predicted molar refractivity (Wildman–Crippen MR) is 108 cm³/mol. The maximum atomic E-state index is 12.7. The molecule has 0 radical (unpaired) electrons. The van der Waals surface area contributed by atoms with Gasteiger partial charge in [0, 0.05) is 37.7 Å². The number of ether oxygens (including phenoxy) is 3. The van der Waals surface area contributed by atoms with Crippen molar-refractivity contribution < 1.29 is 19.0 Å². The highest BCUT2D eigenvalue weighted by atomic mass is 16.5. The Morgan fingerprint density at radius 1 is 1.34 bits per heavy atom. The number of imidazole rings is 1.